The Kier molecular flexibility index (Phi) is 7.72. The van der Waals surface area contributed by atoms with Crippen LogP contribution in [0.1, 0.15) is 29.1 Å². The fourth-order valence-electron chi connectivity index (χ4n) is 4.45. The second-order valence-corrected chi connectivity index (χ2v) is 9.48. The van der Waals surface area contributed by atoms with Gasteiger partial charge in [-0.1, -0.05) is 25.6 Å². The summed E-state index contributed by atoms with van der Waals surface area (Å²) in [4.78, 5) is 33.6. The first-order valence-corrected chi connectivity index (χ1v) is 12.1. The van der Waals surface area contributed by atoms with Gasteiger partial charge >= 0.3 is 6.03 Å². The summed E-state index contributed by atoms with van der Waals surface area (Å²) in [5, 5.41) is 6.71. The molecule has 2 aliphatic rings. The SMILES string of the molecule is C.Cc1cc(Oc2ccccc2)ccc1N1C(=O)Nc2c(C(=O)N[C@H]3CCOC3)sc3nccc1c23.S. The van der Waals surface area contributed by atoms with E-state index >= 15 is 0 Å². The molecule has 2 aliphatic heterocycles. The second kappa shape index (κ2) is 10.8. The van der Waals surface area contributed by atoms with Gasteiger partial charge in [-0.2, -0.15) is 13.5 Å². The molecule has 37 heavy (non-hydrogen) atoms. The van der Waals surface area contributed by atoms with E-state index in [2.05, 4.69) is 15.6 Å². The largest absolute Gasteiger partial charge is 0.457 e. The Morgan fingerprint density at radius 1 is 1.16 bits per heavy atom. The zero-order valence-corrected chi connectivity index (χ0v) is 21.2. The monoisotopic (exact) mass is 536 g/mol. The average Bonchev–Trinajstić information content (AvgIpc) is 3.50. The molecular formula is C27H28N4O4S2. The van der Waals surface area contributed by atoms with Crippen molar-refractivity contribution in [3.63, 3.8) is 0 Å². The number of nitrogens with zero attached hydrogens (tertiary/aromatic N) is 2. The molecule has 0 radical (unpaired) electrons. The van der Waals surface area contributed by atoms with Crippen LogP contribution in [0, 0.1) is 6.92 Å². The van der Waals surface area contributed by atoms with Crippen LogP contribution in [0.15, 0.2) is 60.8 Å². The van der Waals surface area contributed by atoms with Crippen molar-refractivity contribution in [2.45, 2.75) is 26.8 Å². The van der Waals surface area contributed by atoms with Crippen molar-refractivity contribution in [2.24, 2.45) is 0 Å². The van der Waals surface area contributed by atoms with E-state index in [0.29, 0.717) is 40.0 Å². The van der Waals surface area contributed by atoms with Gasteiger partial charge < -0.3 is 20.1 Å². The number of anilines is 3. The number of aryl methyl sites for hydroxylation is 1. The molecule has 2 aromatic carbocycles. The second-order valence-electron chi connectivity index (χ2n) is 8.48. The Hall–Kier alpha value is -3.60. The third kappa shape index (κ3) is 4.87. The van der Waals surface area contributed by atoms with Gasteiger partial charge in [0, 0.05) is 12.8 Å². The van der Waals surface area contributed by atoms with Gasteiger partial charge in [-0.25, -0.2) is 9.78 Å². The van der Waals surface area contributed by atoms with Crippen molar-refractivity contribution >= 4 is 64.0 Å². The van der Waals surface area contributed by atoms with E-state index in [1.54, 1.807) is 17.2 Å². The highest BCUT2D eigenvalue weighted by Crippen LogP contribution is 2.46. The highest BCUT2D eigenvalue weighted by Gasteiger charge is 2.34. The molecule has 3 amide bonds. The lowest BCUT2D eigenvalue weighted by atomic mass is 10.1. The molecule has 6 rings (SSSR count). The van der Waals surface area contributed by atoms with Crippen LogP contribution in [-0.4, -0.2) is 36.2 Å². The number of pyridine rings is 1. The van der Waals surface area contributed by atoms with Gasteiger partial charge in [0.05, 0.1) is 35.1 Å². The number of benzene rings is 2. The lowest BCUT2D eigenvalue weighted by Crippen LogP contribution is -2.37. The maximum absolute atomic E-state index is 13.4. The number of hydrogen-bond acceptors (Lipinski definition) is 6. The molecule has 0 aliphatic carbocycles. The Morgan fingerprint density at radius 2 is 1.97 bits per heavy atom. The zero-order valence-electron chi connectivity index (χ0n) is 19.4. The van der Waals surface area contributed by atoms with E-state index in [-0.39, 0.29) is 38.9 Å². The summed E-state index contributed by atoms with van der Waals surface area (Å²) in [5.41, 5.74) is 2.79. The van der Waals surface area contributed by atoms with Crippen LogP contribution in [0.5, 0.6) is 11.5 Å². The number of para-hydroxylation sites is 1. The van der Waals surface area contributed by atoms with E-state index in [1.807, 2.05) is 55.5 Å². The molecule has 4 heterocycles. The minimum Gasteiger partial charge on any atom is -0.457 e. The van der Waals surface area contributed by atoms with E-state index in [1.165, 1.54) is 11.3 Å². The third-order valence-corrected chi connectivity index (χ3v) is 7.20. The highest BCUT2D eigenvalue weighted by molar-refractivity contribution is 7.59. The topological polar surface area (TPSA) is 92.8 Å². The molecular weight excluding hydrogens is 508 g/mol. The van der Waals surface area contributed by atoms with Gasteiger partial charge in [0.1, 0.15) is 21.2 Å². The van der Waals surface area contributed by atoms with Crippen LogP contribution >= 0.6 is 24.8 Å². The van der Waals surface area contributed by atoms with Gasteiger partial charge in [-0.05, 0) is 55.3 Å². The maximum atomic E-state index is 13.4. The molecule has 0 unspecified atom stereocenters. The first-order valence-electron chi connectivity index (χ1n) is 11.3. The molecule has 1 atom stereocenters. The normalized spacial score (nSPS) is 16.0. The summed E-state index contributed by atoms with van der Waals surface area (Å²) in [7, 11) is 0. The smallest absolute Gasteiger partial charge is 0.331 e. The minimum atomic E-state index is -0.332. The maximum Gasteiger partial charge on any atom is 0.331 e. The van der Waals surface area contributed by atoms with Gasteiger partial charge in [-0.15, -0.1) is 11.3 Å². The molecule has 2 aromatic heterocycles. The molecule has 4 aromatic rings. The van der Waals surface area contributed by atoms with Crippen molar-refractivity contribution < 1.29 is 19.1 Å². The number of thiophene rings is 1. The average molecular weight is 537 g/mol. The van der Waals surface area contributed by atoms with Gasteiger partial charge in [0.25, 0.3) is 5.91 Å². The Balaban J connectivity index is 0.00000160. The molecule has 192 valence electrons. The highest BCUT2D eigenvalue weighted by atomic mass is 32.1. The van der Waals surface area contributed by atoms with Crippen molar-refractivity contribution in [1.29, 1.82) is 0 Å². The van der Waals surface area contributed by atoms with E-state index in [4.69, 9.17) is 9.47 Å². The predicted molar refractivity (Wildman–Crippen MR) is 152 cm³/mol. The predicted octanol–water partition coefficient (Wildman–Crippen LogP) is 6.35. The van der Waals surface area contributed by atoms with E-state index in [0.717, 1.165) is 28.8 Å². The number of urea groups is 1. The number of aromatic nitrogens is 1. The lowest BCUT2D eigenvalue weighted by molar-refractivity contribution is 0.0935. The Labute approximate surface area is 226 Å². The molecule has 10 heteroatoms. The molecule has 2 N–H and O–H groups in total. The molecule has 0 saturated carbocycles. The summed E-state index contributed by atoms with van der Waals surface area (Å²) >= 11 is 1.28. The summed E-state index contributed by atoms with van der Waals surface area (Å²) in [6.07, 6.45) is 2.44. The fraction of sp³-hybridized carbons (Fsp3) is 0.222. The van der Waals surface area contributed by atoms with Gasteiger partial charge in [0.15, 0.2) is 0 Å². The number of carbonyl (C=O) groups is 2. The van der Waals surface area contributed by atoms with Crippen LogP contribution < -0.4 is 20.3 Å². The lowest BCUT2D eigenvalue weighted by Gasteiger charge is -2.29. The third-order valence-electron chi connectivity index (χ3n) is 6.11. The summed E-state index contributed by atoms with van der Waals surface area (Å²) in [5.74, 6) is 1.20. The first-order chi connectivity index (χ1) is 17.1. The van der Waals surface area contributed by atoms with Crippen LogP contribution in [-0.2, 0) is 4.74 Å². The first kappa shape index (κ1) is 26.5. The Bertz CT molecular complexity index is 1450. The molecule has 8 nitrogen and oxygen atoms in total. The van der Waals surface area contributed by atoms with E-state index < -0.39 is 0 Å². The van der Waals surface area contributed by atoms with Crippen LogP contribution in [0.3, 0.4) is 0 Å². The molecule has 1 saturated heterocycles. The zero-order chi connectivity index (χ0) is 23.9. The van der Waals surface area contributed by atoms with Crippen molar-refractivity contribution in [2.75, 3.05) is 23.4 Å². The number of amides is 3. The van der Waals surface area contributed by atoms with Crippen LogP contribution in [0.2, 0.25) is 0 Å². The number of nitrogens with one attached hydrogen (secondary N) is 2. The number of carbonyl (C=O) groups excluding carboxylic acids is 2. The van der Waals surface area contributed by atoms with Gasteiger partial charge in [0.2, 0.25) is 0 Å². The van der Waals surface area contributed by atoms with Crippen molar-refractivity contribution in [3.05, 3.63) is 71.2 Å². The standard InChI is InChI=1S/C26H22N4O4S.CH4.H2S/c1-15-13-18(34-17-5-3-2-4-6-17)7-8-19(15)30-20-9-11-27-25-21(20)22(29-26(30)32)23(35-25)24(31)28-16-10-12-33-14-16;;/h2-9,11,13,16H,10,12,14H2,1H3,(H,28,31)(H,29,32);1H4;1H2/t16-;;/m0../s1. The van der Waals surface area contributed by atoms with Crippen molar-refractivity contribution in [1.82, 2.24) is 10.3 Å². The van der Waals surface area contributed by atoms with Crippen LogP contribution in [0.25, 0.3) is 10.2 Å². The van der Waals surface area contributed by atoms with E-state index in [9.17, 15) is 9.59 Å². The number of hydrogen-bond donors (Lipinski definition) is 2. The van der Waals surface area contributed by atoms with Crippen LogP contribution in [0.4, 0.5) is 21.9 Å². The van der Waals surface area contributed by atoms with Crippen molar-refractivity contribution in [3.8, 4) is 11.5 Å². The Morgan fingerprint density at radius 3 is 2.70 bits per heavy atom. The van der Waals surface area contributed by atoms with Gasteiger partial charge in [-0.3, -0.25) is 9.69 Å². The quantitative estimate of drug-likeness (QED) is 0.310. The summed E-state index contributed by atoms with van der Waals surface area (Å²) in [6.45, 7) is 3.07. The summed E-state index contributed by atoms with van der Waals surface area (Å²) in [6, 6.07) is 16.6. The molecule has 1 fully saturated rings. The molecule has 0 spiro atoms. The summed E-state index contributed by atoms with van der Waals surface area (Å²) < 4.78 is 11.3. The number of rotatable bonds is 5. The molecule has 0 bridgehead atoms. The fourth-order valence-corrected chi connectivity index (χ4v) is 5.47. The number of ether oxygens (including phenoxy) is 2. The minimum absolute atomic E-state index is 0.